The van der Waals surface area contributed by atoms with Gasteiger partial charge in [-0.15, -0.1) is 0 Å². The number of hydrogen-bond donors (Lipinski definition) is 0. The molecule has 0 unspecified atom stereocenters. The summed E-state index contributed by atoms with van der Waals surface area (Å²) in [6.45, 7) is 4.00. The summed E-state index contributed by atoms with van der Waals surface area (Å²) in [5.74, 6) is 0. The fourth-order valence-corrected chi connectivity index (χ4v) is 2.86. The lowest BCUT2D eigenvalue weighted by molar-refractivity contribution is 0.688. The number of rotatable bonds is 0. The lowest BCUT2D eigenvalue weighted by Gasteiger charge is -2.11. The minimum Gasteiger partial charge on any atom is -0.0993 e. The molecule has 0 aromatic heterocycles. The zero-order valence-electron chi connectivity index (χ0n) is 6.15. The molecule has 1 heterocycles. The zero-order chi connectivity index (χ0) is 6.97. The van der Waals surface area contributed by atoms with E-state index in [1.807, 2.05) is 11.8 Å². The van der Waals surface area contributed by atoms with Crippen LogP contribution in [-0.2, 0) is 0 Å². The van der Waals surface area contributed by atoms with Crippen molar-refractivity contribution in [1.29, 1.82) is 0 Å². The predicted molar refractivity (Wildman–Crippen MR) is 46.8 cm³/mol. The Balaban J connectivity index is 2.20. The van der Waals surface area contributed by atoms with Gasteiger partial charge in [0.25, 0.3) is 0 Å². The van der Waals surface area contributed by atoms with Crippen LogP contribution in [0.15, 0.2) is 22.0 Å². The van der Waals surface area contributed by atoms with Crippen LogP contribution in [0.25, 0.3) is 0 Å². The molecular weight excluding hydrogens is 140 g/mol. The van der Waals surface area contributed by atoms with Crippen LogP contribution in [0.3, 0.4) is 0 Å². The van der Waals surface area contributed by atoms with Gasteiger partial charge in [-0.05, 0) is 35.5 Å². The third-order valence-electron chi connectivity index (χ3n) is 2.20. The van der Waals surface area contributed by atoms with E-state index in [2.05, 4.69) is 6.58 Å². The van der Waals surface area contributed by atoms with Gasteiger partial charge in [-0.25, -0.2) is 0 Å². The molecule has 0 N–H and O–H groups in total. The molecule has 0 fully saturated rings. The highest BCUT2D eigenvalue weighted by atomic mass is 32.2. The first-order chi connectivity index (χ1) is 4.86. The molecule has 2 rings (SSSR count). The van der Waals surface area contributed by atoms with Gasteiger partial charge in [0, 0.05) is 6.42 Å². The second-order valence-electron chi connectivity index (χ2n) is 3.05. The minimum absolute atomic E-state index is 1.19. The first-order valence-corrected chi connectivity index (χ1v) is 4.74. The summed E-state index contributed by atoms with van der Waals surface area (Å²) < 4.78 is 0. The Morgan fingerprint density at radius 2 is 2.00 bits per heavy atom. The Hall–Kier alpha value is -0.170. The SMILES string of the molecule is C=C1CC2=C(CCCC2)S1. The Kier molecular flexibility index (Phi) is 1.61. The molecule has 0 saturated heterocycles. The summed E-state index contributed by atoms with van der Waals surface area (Å²) >= 11 is 1.93. The number of thioether (sulfide) groups is 1. The monoisotopic (exact) mass is 152 g/mol. The molecule has 1 heteroatoms. The third-order valence-corrected chi connectivity index (χ3v) is 3.38. The van der Waals surface area contributed by atoms with E-state index >= 15 is 0 Å². The van der Waals surface area contributed by atoms with Crippen LogP contribution in [0, 0.1) is 0 Å². The summed E-state index contributed by atoms with van der Waals surface area (Å²) in [4.78, 5) is 3.02. The van der Waals surface area contributed by atoms with Crippen molar-refractivity contribution in [3.63, 3.8) is 0 Å². The smallest absolute Gasteiger partial charge is 0.000161 e. The van der Waals surface area contributed by atoms with Crippen LogP contribution in [0.4, 0.5) is 0 Å². The summed E-state index contributed by atoms with van der Waals surface area (Å²) in [5, 5.41) is 0. The maximum Gasteiger partial charge on any atom is 0.000161 e. The summed E-state index contributed by atoms with van der Waals surface area (Å²) in [6.07, 6.45) is 6.69. The lowest BCUT2D eigenvalue weighted by Crippen LogP contribution is -1.91. The fourth-order valence-electron chi connectivity index (χ4n) is 1.70. The third kappa shape index (κ3) is 1.03. The fraction of sp³-hybridized carbons (Fsp3) is 0.556. The molecule has 0 aromatic rings. The van der Waals surface area contributed by atoms with E-state index in [-0.39, 0.29) is 0 Å². The Labute approximate surface area is 66.4 Å². The van der Waals surface area contributed by atoms with E-state index in [1.165, 1.54) is 37.0 Å². The quantitative estimate of drug-likeness (QED) is 0.512. The van der Waals surface area contributed by atoms with E-state index < -0.39 is 0 Å². The lowest BCUT2D eigenvalue weighted by atomic mass is 9.97. The van der Waals surface area contributed by atoms with E-state index in [0.717, 1.165) is 0 Å². The van der Waals surface area contributed by atoms with E-state index in [4.69, 9.17) is 0 Å². The Morgan fingerprint density at radius 3 is 2.80 bits per heavy atom. The molecule has 10 heavy (non-hydrogen) atoms. The number of hydrogen-bond acceptors (Lipinski definition) is 1. The predicted octanol–water partition coefficient (Wildman–Crippen LogP) is 3.47. The molecule has 1 aliphatic heterocycles. The second-order valence-corrected chi connectivity index (χ2v) is 4.33. The summed E-state index contributed by atoms with van der Waals surface area (Å²) in [6, 6.07) is 0. The van der Waals surface area contributed by atoms with Crippen LogP contribution in [-0.4, -0.2) is 0 Å². The van der Waals surface area contributed by atoms with E-state index in [9.17, 15) is 0 Å². The summed E-state index contributed by atoms with van der Waals surface area (Å²) in [5.41, 5.74) is 1.70. The van der Waals surface area contributed by atoms with Gasteiger partial charge in [0.1, 0.15) is 0 Å². The van der Waals surface area contributed by atoms with Crippen molar-refractivity contribution >= 4 is 11.8 Å². The van der Waals surface area contributed by atoms with Crippen molar-refractivity contribution in [2.75, 3.05) is 0 Å². The standard InChI is InChI=1S/C9H12S/c1-7-6-8-4-2-3-5-9(8)10-7/h1-6H2. The molecule has 0 atom stereocenters. The zero-order valence-corrected chi connectivity index (χ0v) is 6.97. The van der Waals surface area contributed by atoms with Gasteiger partial charge >= 0.3 is 0 Å². The van der Waals surface area contributed by atoms with Gasteiger partial charge in [0.2, 0.25) is 0 Å². The van der Waals surface area contributed by atoms with E-state index in [0.29, 0.717) is 0 Å². The van der Waals surface area contributed by atoms with Crippen molar-refractivity contribution in [3.05, 3.63) is 22.0 Å². The minimum atomic E-state index is 1.19. The Morgan fingerprint density at radius 1 is 1.20 bits per heavy atom. The van der Waals surface area contributed by atoms with Crippen LogP contribution >= 0.6 is 11.8 Å². The van der Waals surface area contributed by atoms with Gasteiger partial charge < -0.3 is 0 Å². The summed E-state index contributed by atoms with van der Waals surface area (Å²) in [7, 11) is 0. The molecule has 2 aliphatic rings. The topological polar surface area (TPSA) is 0 Å². The van der Waals surface area contributed by atoms with Crippen LogP contribution in [0.5, 0.6) is 0 Å². The maximum absolute atomic E-state index is 4.00. The van der Waals surface area contributed by atoms with Crippen molar-refractivity contribution in [1.82, 2.24) is 0 Å². The van der Waals surface area contributed by atoms with Crippen LogP contribution in [0.2, 0.25) is 0 Å². The van der Waals surface area contributed by atoms with Crippen molar-refractivity contribution in [2.24, 2.45) is 0 Å². The first kappa shape index (κ1) is 6.53. The van der Waals surface area contributed by atoms with Crippen LogP contribution in [0.1, 0.15) is 32.1 Å². The van der Waals surface area contributed by atoms with Gasteiger partial charge in [-0.3, -0.25) is 0 Å². The number of allylic oxidation sites excluding steroid dienone is 3. The van der Waals surface area contributed by atoms with E-state index in [1.54, 1.807) is 10.5 Å². The van der Waals surface area contributed by atoms with Gasteiger partial charge in [-0.1, -0.05) is 23.9 Å². The van der Waals surface area contributed by atoms with Crippen LogP contribution < -0.4 is 0 Å². The van der Waals surface area contributed by atoms with Gasteiger partial charge in [-0.2, -0.15) is 0 Å². The molecule has 0 saturated carbocycles. The molecule has 54 valence electrons. The molecule has 1 aliphatic carbocycles. The Bertz CT molecular complexity index is 181. The first-order valence-electron chi connectivity index (χ1n) is 3.93. The maximum atomic E-state index is 4.00. The second kappa shape index (κ2) is 2.46. The molecule has 0 nitrogen and oxygen atoms in total. The highest BCUT2D eigenvalue weighted by molar-refractivity contribution is 8.07. The normalized spacial score (nSPS) is 25.4. The molecule has 0 spiro atoms. The highest BCUT2D eigenvalue weighted by Crippen LogP contribution is 2.46. The van der Waals surface area contributed by atoms with Crippen molar-refractivity contribution in [2.45, 2.75) is 32.1 Å². The van der Waals surface area contributed by atoms with Crippen molar-refractivity contribution in [3.8, 4) is 0 Å². The molecular formula is C9H12S. The average molecular weight is 152 g/mol. The molecule has 0 radical (unpaired) electrons. The highest BCUT2D eigenvalue weighted by Gasteiger charge is 2.20. The van der Waals surface area contributed by atoms with Gasteiger partial charge in [0.05, 0.1) is 0 Å². The van der Waals surface area contributed by atoms with Gasteiger partial charge in [0.15, 0.2) is 0 Å². The molecule has 0 aromatic carbocycles. The largest absolute Gasteiger partial charge is 0.0993 e. The molecule has 0 bridgehead atoms. The molecule has 0 amide bonds. The van der Waals surface area contributed by atoms with Crippen molar-refractivity contribution < 1.29 is 0 Å². The average Bonchev–Trinajstić information content (AvgIpc) is 2.27.